The average molecular weight is 265 g/mol. The lowest BCUT2D eigenvalue weighted by molar-refractivity contribution is -0.128. The zero-order valence-electron chi connectivity index (χ0n) is 11.4. The summed E-state index contributed by atoms with van der Waals surface area (Å²) in [6, 6.07) is 4.57. The number of nitrogens with two attached hydrogens (primary N) is 1. The predicted octanol–water partition coefficient (Wildman–Crippen LogP) is 0.881. The highest BCUT2D eigenvalue weighted by Gasteiger charge is 2.11. The van der Waals surface area contributed by atoms with Crippen LogP contribution in [0, 0.1) is 0 Å². The van der Waals surface area contributed by atoms with Gasteiger partial charge in [0.1, 0.15) is 0 Å². The first-order valence-electron chi connectivity index (χ1n) is 5.87. The lowest BCUT2D eigenvalue weighted by Gasteiger charge is -2.22. The van der Waals surface area contributed by atoms with E-state index in [1.54, 1.807) is 20.2 Å². The molecule has 0 aromatic heterocycles. The number of hydrogen-bond donors (Lipinski definition) is 2. The largest absolute Gasteiger partial charge is 0.478 e. The van der Waals surface area contributed by atoms with Crippen LogP contribution < -0.4 is 10.6 Å². The van der Waals surface area contributed by atoms with E-state index in [0.29, 0.717) is 18.7 Å². The van der Waals surface area contributed by atoms with Crippen LogP contribution in [0.15, 0.2) is 18.2 Å². The first-order valence-corrected chi connectivity index (χ1v) is 5.87. The van der Waals surface area contributed by atoms with Crippen molar-refractivity contribution in [2.24, 2.45) is 0 Å². The van der Waals surface area contributed by atoms with Crippen molar-refractivity contribution in [3.05, 3.63) is 23.8 Å². The van der Waals surface area contributed by atoms with Crippen LogP contribution in [0.25, 0.3) is 0 Å². The molecule has 0 aliphatic heterocycles. The topological polar surface area (TPSA) is 86.9 Å². The maximum Gasteiger partial charge on any atom is 0.335 e. The normalized spacial score (nSPS) is 10.1. The van der Waals surface area contributed by atoms with Crippen molar-refractivity contribution in [2.75, 3.05) is 38.3 Å². The van der Waals surface area contributed by atoms with Crippen LogP contribution in [0.3, 0.4) is 0 Å². The molecule has 0 radical (unpaired) electrons. The molecular weight excluding hydrogens is 246 g/mol. The van der Waals surface area contributed by atoms with E-state index in [0.717, 1.165) is 5.69 Å². The van der Waals surface area contributed by atoms with Gasteiger partial charge in [-0.25, -0.2) is 4.79 Å². The summed E-state index contributed by atoms with van der Waals surface area (Å²) in [5.74, 6) is -0.976. The van der Waals surface area contributed by atoms with Gasteiger partial charge in [-0.3, -0.25) is 4.79 Å². The number of rotatable bonds is 5. The van der Waals surface area contributed by atoms with Gasteiger partial charge in [-0.2, -0.15) is 0 Å². The highest BCUT2D eigenvalue weighted by molar-refractivity contribution is 5.90. The van der Waals surface area contributed by atoms with Crippen LogP contribution in [0.2, 0.25) is 0 Å². The number of carbonyl (C=O) groups excluding carboxylic acids is 1. The Hall–Kier alpha value is -2.24. The molecule has 0 atom stereocenters. The number of benzene rings is 1. The van der Waals surface area contributed by atoms with Crippen molar-refractivity contribution in [1.82, 2.24) is 4.90 Å². The van der Waals surface area contributed by atoms with Gasteiger partial charge >= 0.3 is 5.97 Å². The molecule has 104 valence electrons. The number of carboxylic acids is 1. The predicted molar refractivity (Wildman–Crippen MR) is 74.4 cm³/mol. The Morgan fingerprint density at radius 1 is 1.26 bits per heavy atom. The molecule has 1 aromatic rings. The summed E-state index contributed by atoms with van der Waals surface area (Å²) >= 11 is 0. The lowest BCUT2D eigenvalue weighted by Crippen LogP contribution is -2.28. The zero-order valence-corrected chi connectivity index (χ0v) is 11.4. The first-order chi connectivity index (χ1) is 8.82. The minimum absolute atomic E-state index is 0.0348. The molecule has 0 spiro atoms. The molecule has 6 nitrogen and oxygen atoms in total. The minimum Gasteiger partial charge on any atom is -0.478 e. The van der Waals surface area contributed by atoms with Gasteiger partial charge < -0.3 is 20.6 Å². The molecule has 0 heterocycles. The SMILES string of the molecule is CN(C)C(=O)CCN(C)c1ccc(C(=O)O)cc1N. The van der Waals surface area contributed by atoms with Crippen molar-refractivity contribution in [1.29, 1.82) is 0 Å². The smallest absolute Gasteiger partial charge is 0.335 e. The first kappa shape index (κ1) is 14.8. The molecule has 1 aromatic carbocycles. The van der Waals surface area contributed by atoms with Crippen molar-refractivity contribution in [2.45, 2.75) is 6.42 Å². The van der Waals surface area contributed by atoms with Gasteiger partial charge in [0.2, 0.25) is 5.91 Å². The van der Waals surface area contributed by atoms with Gasteiger partial charge in [-0.05, 0) is 18.2 Å². The monoisotopic (exact) mass is 265 g/mol. The second kappa shape index (κ2) is 6.08. The van der Waals surface area contributed by atoms with Crippen LogP contribution in [-0.4, -0.2) is 49.6 Å². The quantitative estimate of drug-likeness (QED) is 0.772. The molecule has 6 heteroatoms. The van der Waals surface area contributed by atoms with Gasteiger partial charge in [0.15, 0.2) is 0 Å². The van der Waals surface area contributed by atoms with Crippen LogP contribution in [-0.2, 0) is 4.79 Å². The van der Waals surface area contributed by atoms with E-state index in [9.17, 15) is 9.59 Å². The fourth-order valence-corrected chi connectivity index (χ4v) is 1.64. The van der Waals surface area contributed by atoms with Crippen LogP contribution in [0.5, 0.6) is 0 Å². The van der Waals surface area contributed by atoms with E-state index in [2.05, 4.69) is 0 Å². The molecule has 19 heavy (non-hydrogen) atoms. The minimum atomic E-state index is -1.01. The second-order valence-electron chi connectivity index (χ2n) is 4.54. The summed E-state index contributed by atoms with van der Waals surface area (Å²) in [5.41, 5.74) is 7.09. The van der Waals surface area contributed by atoms with Gasteiger partial charge in [0, 0.05) is 34.1 Å². The van der Waals surface area contributed by atoms with Gasteiger partial charge in [-0.1, -0.05) is 0 Å². The van der Waals surface area contributed by atoms with Crippen molar-refractivity contribution < 1.29 is 14.7 Å². The molecule has 0 unspecified atom stereocenters. The number of aromatic carboxylic acids is 1. The molecule has 3 N–H and O–H groups in total. The molecule has 0 fully saturated rings. The standard InChI is InChI=1S/C13H19N3O3/c1-15(2)12(17)6-7-16(3)11-5-4-9(13(18)19)8-10(11)14/h4-5,8H,6-7,14H2,1-3H3,(H,18,19). The number of anilines is 2. The number of nitrogens with zero attached hydrogens (tertiary/aromatic N) is 2. The number of carboxylic acid groups (broad SMARTS) is 1. The van der Waals surface area contributed by atoms with Gasteiger partial charge in [0.05, 0.1) is 16.9 Å². The van der Waals surface area contributed by atoms with Crippen LogP contribution in [0.4, 0.5) is 11.4 Å². The number of hydrogen-bond acceptors (Lipinski definition) is 4. The van der Waals surface area contributed by atoms with E-state index in [1.807, 2.05) is 11.9 Å². The van der Waals surface area contributed by atoms with Crippen LogP contribution >= 0.6 is 0 Å². The molecule has 1 amide bonds. The Kier molecular flexibility index (Phi) is 4.74. The van der Waals surface area contributed by atoms with E-state index in [4.69, 9.17) is 10.8 Å². The van der Waals surface area contributed by atoms with Crippen molar-refractivity contribution in [3.8, 4) is 0 Å². The molecule has 0 aliphatic rings. The van der Waals surface area contributed by atoms with Gasteiger partial charge in [0.25, 0.3) is 0 Å². The Labute approximate surface area is 112 Å². The van der Waals surface area contributed by atoms with E-state index in [-0.39, 0.29) is 11.5 Å². The fraction of sp³-hybridized carbons (Fsp3) is 0.385. The van der Waals surface area contributed by atoms with Crippen LogP contribution in [0.1, 0.15) is 16.8 Å². The van der Waals surface area contributed by atoms with E-state index < -0.39 is 5.97 Å². The molecule has 0 saturated carbocycles. The highest BCUT2D eigenvalue weighted by Crippen LogP contribution is 2.23. The Balaban J connectivity index is 2.75. The average Bonchev–Trinajstić information content (AvgIpc) is 2.34. The molecule has 0 bridgehead atoms. The molecule has 0 aliphatic carbocycles. The third-order valence-electron chi connectivity index (χ3n) is 2.85. The Morgan fingerprint density at radius 3 is 2.37 bits per heavy atom. The van der Waals surface area contributed by atoms with E-state index >= 15 is 0 Å². The molecular formula is C13H19N3O3. The summed E-state index contributed by atoms with van der Waals surface area (Å²) in [6.45, 7) is 0.521. The zero-order chi connectivity index (χ0) is 14.6. The molecule has 1 rings (SSSR count). The third-order valence-corrected chi connectivity index (χ3v) is 2.85. The maximum absolute atomic E-state index is 11.5. The molecule has 0 saturated heterocycles. The number of carbonyl (C=O) groups is 2. The van der Waals surface area contributed by atoms with Crippen molar-refractivity contribution in [3.63, 3.8) is 0 Å². The summed E-state index contributed by atoms with van der Waals surface area (Å²) in [5, 5.41) is 8.86. The summed E-state index contributed by atoms with van der Waals surface area (Å²) < 4.78 is 0. The lowest BCUT2D eigenvalue weighted by atomic mass is 10.1. The number of amides is 1. The van der Waals surface area contributed by atoms with Crippen molar-refractivity contribution >= 4 is 23.3 Å². The second-order valence-corrected chi connectivity index (χ2v) is 4.54. The fourth-order valence-electron chi connectivity index (χ4n) is 1.64. The van der Waals surface area contributed by atoms with Gasteiger partial charge in [-0.15, -0.1) is 0 Å². The number of nitrogen functional groups attached to an aromatic ring is 1. The Morgan fingerprint density at radius 2 is 1.89 bits per heavy atom. The van der Waals surface area contributed by atoms with E-state index in [1.165, 1.54) is 17.0 Å². The highest BCUT2D eigenvalue weighted by atomic mass is 16.4. The maximum atomic E-state index is 11.5. The summed E-state index contributed by atoms with van der Waals surface area (Å²) in [4.78, 5) is 25.7. The third kappa shape index (κ3) is 3.87. The summed E-state index contributed by atoms with van der Waals surface area (Å²) in [6.07, 6.45) is 0.379. The summed E-state index contributed by atoms with van der Waals surface area (Å²) in [7, 11) is 5.23. The Bertz CT molecular complexity index is 486.